The molecule has 0 spiro atoms. The van der Waals surface area contributed by atoms with Crippen molar-refractivity contribution in [1.29, 1.82) is 0 Å². The van der Waals surface area contributed by atoms with E-state index in [2.05, 4.69) is 38.7 Å². The fourth-order valence-corrected chi connectivity index (χ4v) is 1.80. The number of nitrogens with one attached hydrogen (secondary N) is 2. The maximum absolute atomic E-state index is 4.12. The Labute approximate surface area is 81.4 Å². The Kier molecular flexibility index (Phi) is 1.53. The van der Waals surface area contributed by atoms with Crippen LogP contribution in [0.3, 0.4) is 0 Å². The standard InChI is InChI=1S/C10H10N4/c1-2-9-7(3-4-11-9)5-8(1)10-12-6-13-14-10/h1-2,5-6,11H,3-4H2,(H,12,13,14). The zero-order valence-corrected chi connectivity index (χ0v) is 7.62. The molecule has 2 aromatic rings. The summed E-state index contributed by atoms with van der Waals surface area (Å²) < 4.78 is 0. The predicted molar refractivity (Wildman–Crippen MR) is 54.0 cm³/mol. The summed E-state index contributed by atoms with van der Waals surface area (Å²) in [7, 11) is 0. The average Bonchev–Trinajstić information content (AvgIpc) is 2.88. The monoisotopic (exact) mass is 186 g/mol. The van der Waals surface area contributed by atoms with Gasteiger partial charge in [0.05, 0.1) is 0 Å². The van der Waals surface area contributed by atoms with Gasteiger partial charge in [0.15, 0.2) is 5.82 Å². The third-order valence-electron chi connectivity index (χ3n) is 2.50. The van der Waals surface area contributed by atoms with Crippen LogP contribution in [0.15, 0.2) is 24.5 Å². The minimum absolute atomic E-state index is 0.833. The topological polar surface area (TPSA) is 53.6 Å². The summed E-state index contributed by atoms with van der Waals surface area (Å²) in [5.74, 6) is 0.833. The number of nitrogens with zero attached hydrogens (tertiary/aromatic N) is 2. The molecule has 0 saturated heterocycles. The highest BCUT2D eigenvalue weighted by Crippen LogP contribution is 2.26. The van der Waals surface area contributed by atoms with Crippen molar-refractivity contribution in [1.82, 2.24) is 15.2 Å². The molecule has 0 radical (unpaired) electrons. The molecule has 14 heavy (non-hydrogen) atoms. The van der Waals surface area contributed by atoms with Crippen LogP contribution in [0.4, 0.5) is 5.69 Å². The molecule has 0 saturated carbocycles. The molecule has 1 aliphatic heterocycles. The van der Waals surface area contributed by atoms with E-state index < -0.39 is 0 Å². The Balaban J connectivity index is 2.09. The van der Waals surface area contributed by atoms with Crippen LogP contribution in [-0.2, 0) is 6.42 Å². The van der Waals surface area contributed by atoms with Crippen LogP contribution >= 0.6 is 0 Å². The zero-order chi connectivity index (χ0) is 9.38. The van der Waals surface area contributed by atoms with Crippen molar-refractivity contribution >= 4 is 5.69 Å². The molecule has 0 aliphatic carbocycles. The molecule has 0 atom stereocenters. The molecule has 70 valence electrons. The van der Waals surface area contributed by atoms with Crippen LogP contribution in [0.25, 0.3) is 11.4 Å². The van der Waals surface area contributed by atoms with Gasteiger partial charge in [-0.1, -0.05) is 0 Å². The van der Waals surface area contributed by atoms with Gasteiger partial charge < -0.3 is 5.32 Å². The lowest BCUT2D eigenvalue weighted by atomic mass is 10.1. The van der Waals surface area contributed by atoms with Gasteiger partial charge in [-0.05, 0) is 30.2 Å². The van der Waals surface area contributed by atoms with Crippen molar-refractivity contribution in [3.63, 3.8) is 0 Å². The van der Waals surface area contributed by atoms with Crippen molar-refractivity contribution in [3.05, 3.63) is 30.1 Å². The van der Waals surface area contributed by atoms with Crippen molar-refractivity contribution in [2.45, 2.75) is 6.42 Å². The number of fused-ring (bicyclic) bond motifs is 1. The van der Waals surface area contributed by atoms with Crippen LogP contribution < -0.4 is 5.32 Å². The number of aromatic amines is 1. The lowest BCUT2D eigenvalue weighted by molar-refractivity contribution is 1.09. The van der Waals surface area contributed by atoms with Crippen LogP contribution in [0.1, 0.15) is 5.56 Å². The second kappa shape index (κ2) is 2.83. The van der Waals surface area contributed by atoms with E-state index in [4.69, 9.17) is 0 Å². The molecule has 1 aromatic heterocycles. The minimum atomic E-state index is 0.833. The fraction of sp³-hybridized carbons (Fsp3) is 0.200. The Hall–Kier alpha value is -1.84. The second-order valence-electron chi connectivity index (χ2n) is 3.38. The Morgan fingerprint density at radius 2 is 2.29 bits per heavy atom. The van der Waals surface area contributed by atoms with Crippen LogP contribution in [0, 0.1) is 0 Å². The molecule has 2 N–H and O–H groups in total. The zero-order valence-electron chi connectivity index (χ0n) is 7.62. The van der Waals surface area contributed by atoms with Crippen LogP contribution in [-0.4, -0.2) is 21.7 Å². The first-order valence-electron chi connectivity index (χ1n) is 4.66. The SMILES string of the molecule is c1n[nH]c(-c2ccc3c(c2)CCN3)n1. The third-order valence-corrected chi connectivity index (χ3v) is 2.50. The van der Waals surface area contributed by atoms with E-state index >= 15 is 0 Å². The van der Waals surface area contributed by atoms with E-state index in [1.807, 2.05) is 0 Å². The van der Waals surface area contributed by atoms with E-state index in [-0.39, 0.29) is 0 Å². The van der Waals surface area contributed by atoms with Crippen molar-refractivity contribution in [2.24, 2.45) is 0 Å². The molecule has 4 heteroatoms. The van der Waals surface area contributed by atoms with Crippen molar-refractivity contribution < 1.29 is 0 Å². The van der Waals surface area contributed by atoms with Gasteiger partial charge in [0.25, 0.3) is 0 Å². The maximum atomic E-state index is 4.12. The highest BCUT2D eigenvalue weighted by Gasteiger charge is 2.11. The van der Waals surface area contributed by atoms with Gasteiger partial charge in [0, 0.05) is 17.8 Å². The largest absolute Gasteiger partial charge is 0.384 e. The Bertz CT molecular complexity index is 447. The molecule has 0 unspecified atom stereocenters. The number of hydrogen-bond acceptors (Lipinski definition) is 3. The highest BCUT2D eigenvalue weighted by atomic mass is 15.2. The summed E-state index contributed by atoms with van der Waals surface area (Å²) in [5.41, 5.74) is 3.71. The smallest absolute Gasteiger partial charge is 0.155 e. The van der Waals surface area contributed by atoms with E-state index in [1.54, 1.807) is 0 Å². The number of hydrogen-bond donors (Lipinski definition) is 2. The predicted octanol–water partition coefficient (Wildman–Crippen LogP) is 1.44. The van der Waals surface area contributed by atoms with Gasteiger partial charge in [0.1, 0.15) is 6.33 Å². The number of H-pyrrole nitrogens is 1. The van der Waals surface area contributed by atoms with E-state index in [0.717, 1.165) is 24.4 Å². The quantitative estimate of drug-likeness (QED) is 0.708. The molecular formula is C10H10N4. The van der Waals surface area contributed by atoms with E-state index in [1.165, 1.54) is 17.6 Å². The number of rotatable bonds is 1. The molecule has 1 aromatic carbocycles. The molecule has 0 fully saturated rings. The van der Waals surface area contributed by atoms with Gasteiger partial charge in [-0.15, -0.1) is 0 Å². The number of aromatic nitrogens is 3. The van der Waals surface area contributed by atoms with Gasteiger partial charge in [-0.3, -0.25) is 5.10 Å². The van der Waals surface area contributed by atoms with Gasteiger partial charge in [-0.25, -0.2) is 4.98 Å². The maximum Gasteiger partial charge on any atom is 0.155 e. The number of anilines is 1. The van der Waals surface area contributed by atoms with Crippen LogP contribution in [0.2, 0.25) is 0 Å². The lowest BCUT2D eigenvalue weighted by Crippen LogP contribution is -1.90. The first kappa shape index (κ1) is 7.55. The normalized spacial score (nSPS) is 13.7. The van der Waals surface area contributed by atoms with Gasteiger partial charge in [-0.2, -0.15) is 5.10 Å². The molecule has 2 heterocycles. The summed E-state index contributed by atoms with van der Waals surface area (Å²) in [6, 6.07) is 6.31. The molecule has 3 rings (SSSR count). The van der Waals surface area contributed by atoms with Gasteiger partial charge >= 0.3 is 0 Å². The highest BCUT2D eigenvalue weighted by molar-refractivity contribution is 5.65. The lowest BCUT2D eigenvalue weighted by Gasteiger charge is -2.01. The van der Waals surface area contributed by atoms with Crippen LogP contribution in [0.5, 0.6) is 0 Å². The second-order valence-corrected chi connectivity index (χ2v) is 3.38. The number of benzene rings is 1. The van der Waals surface area contributed by atoms with Crippen molar-refractivity contribution in [3.8, 4) is 11.4 Å². The molecule has 0 bridgehead atoms. The average molecular weight is 186 g/mol. The summed E-state index contributed by atoms with van der Waals surface area (Å²) in [5, 5.41) is 10.0. The Morgan fingerprint density at radius 1 is 1.29 bits per heavy atom. The van der Waals surface area contributed by atoms with E-state index in [0.29, 0.717) is 0 Å². The third kappa shape index (κ3) is 1.08. The summed E-state index contributed by atoms with van der Waals surface area (Å²) in [6.45, 7) is 1.04. The molecule has 1 aliphatic rings. The summed E-state index contributed by atoms with van der Waals surface area (Å²) in [4.78, 5) is 4.12. The fourth-order valence-electron chi connectivity index (χ4n) is 1.80. The molecular weight excluding hydrogens is 176 g/mol. The molecule has 4 nitrogen and oxygen atoms in total. The summed E-state index contributed by atoms with van der Waals surface area (Å²) >= 11 is 0. The summed E-state index contributed by atoms with van der Waals surface area (Å²) in [6.07, 6.45) is 2.62. The van der Waals surface area contributed by atoms with Gasteiger partial charge in [0.2, 0.25) is 0 Å². The molecule has 0 amide bonds. The van der Waals surface area contributed by atoms with E-state index in [9.17, 15) is 0 Å². The minimum Gasteiger partial charge on any atom is -0.384 e. The first-order chi connectivity index (χ1) is 6.93. The van der Waals surface area contributed by atoms with Crippen molar-refractivity contribution in [2.75, 3.05) is 11.9 Å². The first-order valence-corrected chi connectivity index (χ1v) is 4.66. The Morgan fingerprint density at radius 3 is 3.14 bits per heavy atom.